The lowest BCUT2D eigenvalue weighted by Crippen LogP contribution is -2.41. The van der Waals surface area contributed by atoms with Crippen molar-refractivity contribution in [3.05, 3.63) is 24.2 Å². The summed E-state index contributed by atoms with van der Waals surface area (Å²) in [4.78, 5) is 11.4. The van der Waals surface area contributed by atoms with E-state index < -0.39 is 11.7 Å². The van der Waals surface area contributed by atoms with Crippen molar-refractivity contribution in [1.82, 2.24) is 16.0 Å². The molecule has 1 amide bonds. The largest absolute Gasteiger partial charge is 0.467 e. The van der Waals surface area contributed by atoms with E-state index in [9.17, 15) is 4.79 Å². The minimum Gasteiger partial charge on any atom is -0.467 e. The Bertz CT molecular complexity index is 427. The van der Waals surface area contributed by atoms with E-state index in [2.05, 4.69) is 16.0 Å². The number of alkyl carbamates (subject to hydrolysis) is 1. The molecule has 0 saturated carbocycles. The van der Waals surface area contributed by atoms with Gasteiger partial charge in [-0.05, 0) is 45.1 Å². The number of rotatable bonds is 5. The highest BCUT2D eigenvalue weighted by molar-refractivity contribution is 7.80. The van der Waals surface area contributed by atoms with Crippen LogP contribution in [0.15, 0.2) is 22.8 Å². The van der Waals surface area contributed by atoms with Gasteiger partial charge < -0.3 is 25.1 Å². The molecular weight excluding hydrogens is 278 g/mol. The van der Waals surface area contributed by atoms with E-state index in [-0.39, 0.29) is 0 Å². The highest BCUT2D eigenvalue weighted by Gasteiger charge is 2.15. The number of amides is 1. The summed E-state index contributed by atoms with van der Waals surface area (Å²) in [6.45, 7) is 6.93. The van der Waals surface area contributed by atoms with E-state index in [4.69, 9.17) is 21.4 Å². The zero-order valence-corrected chi connectivity index (χ0v) is 12.8. The molecule has 0 spiro atoms. The summed E-state index contributed by atoms with van der Waals surface area (Å²) in [6, 6.07) is 3.68. The van der Waals surface area contributed by atoms with Crippen molar-refractivity contribution >= 4 is 23.4 Å². The van der Waals surface area contributed by atoms with Gasteiger partial charge in [-0.25, -0.2) is 4.79 Å². The average molecular weight is 299 g/mol. The number of hydrogen-bond donors (Lipinski definition) is 3. The first-order valence-corrected chi connectivity index (χ1v) is 6.78. The minimum atomic E-state index is -0.489. The Labute approximate surface area is 124 Å². The predicted molar refractivity (Wildman–Crippen MR) is 80.4 cm³/mol. The van der Waals surface area contributed by atoms with Crippen molar-refractivity contribution in [3.8, 4) is 0 Å². The molecule has 0 aliphatic heterocycles. The Morgan fingerprint density at radius 1 is 1.30 bits per heavy atom. The lowest BCUT2D eigenvalue weighted by Gasteiger charge is -2.19. The summed E-state index contributed by atoms with van der Waals surface area (Å²) in [7, 11) is 0. The van der Waals surface area contributed by atoms with Gasteiger partial charge in [0.05, 0.1) is 12.8 Å². The Balaban J connectivity index is 2.06. The van der Waals surface area contributed by atoms with E-state index in [1.54, 1.807) is 6.26 Å². The van der Waals surface area contributed by atoms with Gasteiger partial charge in [-0.1, -0.05) is 0 Å². The molecule has 3 N–H and O–H groups in total. The summed E-state index contributed by atoms with van der Waals surface area (Å²) in [5, 5.41) is 9.11. The lowest BCUT2D eigenvalue weighted by molar-refractivity contribution is 0.0529. The molecule has 112 valence electrons. The van der Waals surface area contributed by atoms with Crippen molar-refractivity contribution in [2.45, 2.75) is 32.9 Å². The maximum absolute atomic E-state index is 11.4. The first kappa shape index (κ1) is 16.3. The third-order valence-corrected chi connectivity index (χ3v) is 2.37. The van der Waals surface area contributed by atoms with Crippen molar-refractivity contribution in [1.29, 1.82) is 0 Å². The van der Waals surface area contributed by atoms with Crippen LogP contribution >= 0.6 is 12.2 Å². The van der Waals surface area contributed by atoms with Gasteiger partial charge in [0.1, 0.15) is 11.4 Å². The van der Waals surface area contributed by atoms with Crippen molar-refractivity contribution in [3.63, 3.8) is 0 Å². The number of thiocarbonyl (C=S) groups is 1. The van der Waals surface area contributed by atoms with Gasteiger partial charge in [-0.3, -0.25) is 0 Å². The van der Waals surface area contributed by atoms with Crippen LogP contribution in [0, 0.1) is 0 Å². The zero-order valence-electron chi connectivity index (χ0n) is 12.0. The highest BCUT2D eigenvalue weighted by Crippen LogP contribution is 2.05. The predicted octanol–water partition coefficient (Wildman–Crippen LogP) is 1.77. The van der Waals surface area contributed by atoms with Gasteiger partial charge >= 0.3 is 6.09 Å². The fraction of sp³-hybridized carbons (Fsp3) is 0.538. The van der Waals surface area contributed by atoms with Crippen LogP contribution in [0.2, 0.25) is 0 Å². The van der Waals surface area contributed by atoms with Crippen LogP contribution in [0.1, 0.15) is 26.5 Å². The van der Waals surface area contributed by atoms with Crippen LogP contribution < -0.4 is 16.0 Å². The third kappa shape index (κ3) is 7.63. The van der Waals surface area contributed by atoms with Crippen molar-refractivity contribution in [2.75, 3.05) is 13.1 Å². The molecule has 0 atom stereocenters. The minimum absolute atomic E-state index is 0.428. The highest BCUT2D eigenvalue weighted by atomic mass is 32.1. The van der Waals surface area contributed by atoms with E-state index >= 15 is 0 Å². The van der Waals surface area contributed by atoms with Crippen LogP contribution in [0.5, 0.6) is 0 Å². The molecule has 1 aromatic rings. The molecular formula is C13H21N3O3S. The fourth-order valence-electron chi connectivity index (χ4n) is 1.30. The number of hydrogen-bond acceptors (Lipinski definition) is 4. The Hall–Kier alpha value is -1.76. The summed E-state index contributed by atoms with van der Waals surface area (Å²) in [5.41, 5.74) is -0.489. The maximum atomic E-state index is 11.4. The normalized spacial score (nSPS) is 10.8. The summed E-state index contributed by atoms with van der Waals surface area (Å²) < 4.78 is 10.3. The maximum Gasteiger partial charge on any atom is 0.407 e. The van der Waals surface area contributed by atoms with Crippen LogP contribution in [0.25, 0.3) is 0 Å². The molecule has 0 fully saturated rings. The molecule has 20 heavy (non-hydrogen) atoms. The smallest absolute Gasteiger partial charge is 0.407 e. The molecule has 7 heteroatoms. The van der Waals surface area contributed by atoms with Gasteiger partial charge in [-0.2, -0.15) is 0 Å². The van der Waals surface area contributed by atoms with Crippen LogP contribution in [0.3, 0.4) is 0 Å². The number of ether oxygens (including phenoxy) is 1. The van der Waals surface area contributed by atoms with Gasteiger partial charge in [0.2, 0.25) is 0 Å². The zero-order chi connectivity index (χ0) is 15.0. The SMILES string of the molecule is CC(C)(C)OC(=O)NCCNC(=S)NCc1ccco1. The molecule has 0 aromatic carbocycles. The molecule has 0 aliphatic carbocycles. The fourth-order valence-corrected chi connectivity index (χ4v) is 1.47. The molecule has 0 saturated heterocycles. The molecule has 1 heterocycles. The average Bonchev–Trinajstić information content (AvgIpc) is 2.83. The van der Waals surface area contributed by atoms with Gasteiger partial charge in [0.15, 0.2) is 5.11 Å². The van der Waals surface area contributed by atoms with Gasteiger partial charge in [0, 0.05) is 13.1 Å². The van der Waals surface area contributed by atoms with Crippen molar-refractivity contribution in [2.24, 2.45) is 0 Å². The van der Waals surface area contributed by atoms with Crippen LogP contribution in [-0.4, -0.2) is 29.9 Å². The van der Waals surface area contributed by atoms with Crippen LogP contribution in [0.4, 0.5) is 4.79 Å². The molecule has 6 nitrogen and oxygen atoms in total. The molecule has 1 rings (SSSR count). The standard InChI is InChI=1S/C13H21N3O3S/c1-13(2,3)19-12(17)15-7-6-14-11(20)16-9-10-5-4-8-18-10/h4-5,8H,6-7,9H2,1-3H3,(H,15,17)(H2,14,16,20). The van der Waals surface area contributed by atoms with Crippen LogP contribution in [-0.2, 0) is 11.3 Å². The number of furan rings is 1. The number of carbonyl (C=O) groups excluding carboxylic acids is 1. The van der Waals surface area contributed by atoms with Gasteiger partial charge in [0.25, 0.3) is 0 Å². The second-order valence-electron chi connectivity index (χ2n) is 5.12. The van der Waals surface area contributed by atoms with E-state index in [1.165, 1.54) is 0 Å². The Morgan fingerprint density at radius 3 is 2.60 bits per heavy atom. The molecule has 0 bridgehead atoms. The topological polar surface area (TPSA) is 75.5 Å². The third-order valence-electron chi connectivity index (χ3n) is 2.08. The number of nitrogens with one attached hydrogen (secondary N) is 3. The second kappa shape index (κ2) is 7.74. The molecule has 1 aromatic heterocycles. The molecule has 0 aliphatic rings. The van der Waals surface area contributed by atoms with Gasteiger partial charge in [-0.15, -0.1) is 0 Å². The summed E-state index contributed by atoms with van der Waals surface area (Å²) in [6.07, 6.45) is 1.17. The first-order valence-electron chi connectivity index (χ1n) is 6.38. The van der Waals surface area contributed by atoms with Crippen molar-refractivity contribution < 1.29 is 13.9 Å². The molecule has 0 unspecified atom stereocenters. The summed E-state index contributed by atoms with van der Waals surface area (Å²) >= 11 is 5.09. The van der Waals surface area contributed by atoms with E-state index in [0.29, 0.717) is 24.7 Å². The summed E-state index contributed by atoms with van der Waals surface area (Å²) in [5.74, 6) is 0.807. The second-order valence-corrected chi connectivity index (χ2v) is 5.53. The quantitative estimate of drug-likeness (QED) is 0.568. The number of carbonyl (C=O) groups is 1. The Morgan fingerprint density at radius 2 is 2.00 bits per heavy atom. The lowest BCUT2D eigenvalue weighted by atomic mass is 10.2. The monoisotopic (exact) mass is 299 g/mol. The molecule has 0 radical (unpaired) electrons. The van der Waals surface area contributed by atoms with E-state index in [0.717, 1.165) is 5.76 Å². The first-order chi connectivity index (χ1) is 9.37. The Kier molecular flexibility index (Phi) is 6.30. The van der Waals surface area contributed by atoms with E-state index in [1.807, 2.05) is 32.9 Å².